The molecular formula is C14H17F3N4. The Balaban J connectivity index is 2.17. The van der Waals surface area contributed by atoms with E-state index in [4.69, 9.17) is 5.73 Å². The molecule has 2 N–H and O–H groups in total. The van der Waals surface area contributed by atoms with Crippen molar-refractivity contribution in [2.24, 2.45) is 7.05 Å². The lowest BCUT2D eigenvalue weighted by atomic mass is 10.1. The van der Waals surface area contributed by atoms with Crippen molar-refractivity contribution >= 4 is 16.7 Å². The van der Waals surface area contributed by atoms with Gasteiger partial charge in [-0.15, -0.1) is 0 Å². The number of imidazole rings is 1. The Bertz CT molecular complexity index is 690. The van der Waals surface area contributed by atoms with Gasteiger partial charge in [0.05, 0.1) is 28.3 Å². The molecule has 0 aliphatic carbocycles. The second-order valence-corrected chi connectivity index (χ2v) is 5.60. The van der Waals surface area contributed by atoms with Crippen molar-refractivity contribution in [1.29, 1.82) is 0 Å². The highest BCUT2D eigenvalue weighted by Crippen LogP contribution is 2.37. The standard InChI is InChI=1S/C14H17F3N4/c1-20-5-3-4-11(20)13-19-10-7-8(14(15,16)17)6-9(18)12(10)21(13)2/h6-7,11H,3-5,18H2,1-2H3. The number of nitrogens with zero attached hydrogens (tertiary/aromatic N) is 3. The smallest absolute Gasteiger partial charge is 0.397 e. The minimum Gasteiger partial charge on any atom is -0.397 e. The van der Waals surface area contributed by atoms with Gasteiger partial charge in [0.15, 0.2) is 0 Å². The van der Waals surface area contributed by atoms with Crippen molar-refractivity contribution in [3.05, 3.63) is 23.5 Å². The van der Waals surface area contributed by atoms with Crippen LogP contribution in [0.15, 0.2) is 12.1 Å². The van der Waals surface area contributed by atoms with Crippen LogP contribution >= 0.6 is 0 Å². The lowest BCUT2D eigenvalue weighted by Crippen LogP contribution is -2.20. The highest BCUT2D eigenvalue weighted by atomic mass is 19.4. The van der Waals surface area contributed by atoms with E-state index < -0.39 is 11.7 Å². The first-order chi connectivity index (χ1) is 9.79. The quantitative estimate of drug-likeness (QED) is 0.823. The summed E-state index contributed by atoms with van der Waals surface area (Å²) >= 11 is 0. The third-order valence-corrected chi connectivity index (χ3v) is 4.18. The van der Waals surface area contributed by atoms with Crippen LogP contribution in [0.25, 0.3) is 11.0 Å². The highest BCUT2D eigenvalue weighted by molar-refractivity contribution is 5.89. The topological polar surface area (TPSA) is 47.1 Å². The number of aromatic nitrogens is 2. The minimum atomic E-state index is -4.41. The first kappa shape index (κ1) is 14.2. The predicted molar refractivity (Wildman–Crippen MR) is 74.7 cm³/mol. The first-order valence-corrected chi connectivity index (χ1v) is 6.82. The Morgan fingerprint density at radius 1 is 1.29 bits per heavy atom. The summed E-state index contributed by atoms with van der Waals surface area (Å²) in [7, 11) is 3.81. The SMILES string of the molecule is CN1CCCC1c1nc2cc(C(F)(F)F)cc(N)c2n1C. The van der Waals surface area contributed by atoms with Gasteiger partial charge >= 0.3 is 6.18 Å². The fourth-order valence-corrected chi connectivity index (χ4v) is 3.10. The van der Waals surface area contributed by atoms with E-state index in [0.717, 1.165) is 37.3 Å². The Morgan fingerprint density at radius 3 is 2.57 bits per heavy atom. The molecule has 1 saturated heterocycles. The third-order valence-electron chi connectivity index (χ3n) is 4.18. The number of nitrogen functional groups attached to an aromatic ring is 1. The normalized spacial score (nSPS) is 20.5. The second-order valence-electron chi connectivity index (χ2n) is 5.60. The molecule has 1 fully saturated rings. The van der Waals surface area contributed by atoms with E-state index in [1.54, 1.807) is 7.05 Å². The molecular weight excluding hydrogens is 281 g/mol. The zero-order valence-electron chi connectivity index (χ0n) is 11.9. The van der Waals surface area contributed by atoms with Crippen LogP contribution < -0.4 is 5.73 Å². The van der Waals surface area contributed by atoms with E-state index in [0.29, 0.717) is 11.0 Å². The van der Waals surface area contributed by atoms with Gasteiger partial charge in [-0.1, -0.05) is 0 Å². The molecule has 114 valence electrons. The summed E-state index contributed by atoms with van der Waals surface area (Å²) in [5, 5.41) is 0. The van der Waals surface area contributed by atoms with Gasteiger partial charge in [-0.3, -0.25) is 4.90 Å². The van der Waals surface area contributed by atoms with Crippen LogP contribution in [0.4, 0.5) is 18.9 Å². The molecule has 2 heterocycles. The van der Waals surface area contributed by atoms with Gasteiger partial charge in [-0.2, -0.15) is 13.2 Å². The monoisotopic (exact) mass is 298 g/mol. The fourth-order valence-electron chi connectivity index (χ4n) is 3.10. The molecule has 0 bridgehead atoms. The van der Waals surface area contributed by atoms with Crippen LogP contribution in [0.5, 0.6) is 0 Å². The molecule has 21 heavy (non-hydrogen) atoms. The number of benzene rings is 1. The molecule has 1 aromatic carbocycles. The lowest BCUT2D eigenvalue weighted by molar-refractivity contribution is -0.137. The van der Waals surface area contributed by atoms with Gasteiger partial charge in [-0.05, 0) is 38.6 Å². The molecule has 0 spiro atoms. The Labute approximate surface area is 120 Å². The van der Waals surface area contributed by atoms with Crippen molar-refractivity contribution in [2.75, 3.05) is 19.3 Å². The van der Waals surface area contributed by atoms with E-state index >= 15 is 0 Å². The zero-order valence-corrected chi connectivity index (χ0v) is 11.9. The summed E-state index contributed by atoms with van der Waals surface area (Å²) in [6.45, 7) is 0.969. The first-order valence-electron chi connectivity index (χ1n) is 6.82. The van der Waals surface area contributed by atoms with E-state index in [-0.39, 0.29) is 11.7 Å². The molecule has 1 atom stereocenters. The zero-order chi connectivity index (χ0) is 15.4. The molecule has 1 aliphatic heterocycles. The van der Waals surface area contributed by atoms with Gasteiger partial charge in [0, 0.05) is 7.05 Å². The van der Waals surface area contributed by atoms with E-state index in [1.807, 2.05) is 11.6 Å². The van der Waals surface area contributed by atoms with Gasteiger partial charge in [0.2, 0.25) is 0 Å². The summed E-state index contributed by atoms with van der Waals surface area (Å²) in [5.74, 6) is 0.774. The maximum Gasteiger partial charge on any atom is 0.416 e. The van der Waals surface area contributed by atoms with Crippen molar-refractivity contribution in [3.63, 3.8) is 0 Å². The van der Waals surface area contributed by atoms with Crippen molar-refractivity contribution < 1.29 is 13.2 Å². The molecule has 2 aromatic rings. The van der Waals surface area contributed by atoms with Crippen LogP contribution in [-0.4, -0.2) is 28.0 Å². The number of halogens is 3. The van der Waals surface area contributed by atoms with Crippen LogP contribution in [0.2, 0.25) is 0 Å². The van der Waals surface area contributed by atoms with Crippen molar-refractivity contribution in [2.45, 2.75) is 25.1 Å². The van der Waals surface area contributed by atoms with Crippen LogP contribution in [-0.2, 0) is 13.2 Å². The molecule has 0 amide bonds. The number of aryl methyl sites for hydroxylation is 1. The average molecular weight is 298 g/mol. The third kappa shape index (κ3) is 2.25. The Hall–Kier alpha value is -1.76. The number of likely N-dealkylation sites (tertiary alicyclic amines) is 1. The molecule has 7 heteroatoms. The summed E-state index contributed by atoms with van der Waals surface area (Å²) in [6, 6.07) is 2.19. The number of fused-ring (bicyclic) bond motifs is 1. The van der Waals surface area contributed by atoms with E-state index in [9.17, 15) is 13.2 Å². The molecule has 1 aliphatic rings. The van der Waals surface area contributed by atoms with Crippen molar-refractivity contribution in [1.82, 2.24) is 14.5 Å². The second kappa shape index (κ2) is 4.62. The van der Waals surface area contributed by atoms with E-state index in [2.05, 4.69) is 9.88 Å². The van der Waals surface area contributed by atoms with Crippen LogP contribution in [0.3, 0.4) is 0 Å². The maximum absolute atomic E-state index is 12.9. The molecule has 0 saturated carbocycles. The number of hydrogen-bond donors (Lipinski definition) is 1. The summed E-state index contributed by atoms with van der Waals surface area (Å²) in [4.78, 5) is 6.59. The molecule has 4 nitrogen and oxygen atoms in total. The van der Waals surface area contributed by atoms with Gasteiger partial charge < -0.3 is 10.3 Å². The van der Waals surface area contributed by atoms with Crippen LogP contribution in [0, 0.1) is 0 Å². The largest absolute Gasteiger partial charge is 0.416 e. The van der Waals surface area contributed by atoms with Crippen molar-refractivity contribution in [3.8, 4) is 0 Å². The molecule has 1 unspecified atom stereocenters. The Kier molecular flexibility index (Phi) is 3.12. The van der Waals surface area contributed by atoms with Crippen LogP contribution in [0.1, 0.15) is 30.3 Å². The molecule has 3 rings (SSSR count). The summed E-state index contributed by atoms with van der Waals surface area (Å²) in [5.41, 5.74) is 6.06. The number of anilines is 1. The van der Waals surface area contributed by atoms with E-state index in [1.165, 1.54) is 0 Å². The highest BCUT2D eigenvalue weighted by Gasteiger charge is 2.33. The predicted octanol–water partition coefficient (Wildman–Crippen LogP) is 2.94. The van der Waals surface area contributed by atoms with Gasteiger partial charge in [-0.25, -0.2) is 4.98 Å². The number of alkyl halides is 3. The fraction of sp³-hybridized carbons (Fsp3) is 0.500. The lowest BCUT2D eigenvalue weighted by Gasteiger charge is -2.18. The van der Waals surface area contributed by atoms with Gasteiger partial charge in [0.1, 0.15) is 5.82 Å². The summed E-state index contributed by atoms with van der Waals surface area (Å²) < 4.78 is 40.4. The molecule has 1 aromatic heterocycles. The number of hydrogen-bond acceptors (Lipinski definition) is 3. The van der Waals surface area contributed by atoms with Gasteiger partial charge in [0.25, 0.3) is 0 Å². The minimum absolute atomic E-state index is 0.113. The number of rotatable bonds is 1. The average Bonchev–Trinajstić information content (AvgIpc) is 2.92. The maximum atomic E-state index is 12.9. The Morgan fingerprint density at radius 2 is 2.00 bits per heavy atom. The summed E-state index contributed by atoms with van der Waals surface area (Å²) in [6.07, 6.45) is -2.39. The molecule has 0 radical (unpaired) electrons. The number of nitrogens with two attached hydrogens (primary N) is 1.